The van der Waals surface area contributed by atoms with Crippen molar-refractivity contribution < 1.29 is 9.84 Å². The Kier molecular flexibility index (Phi) is 7.20. The Bertz CT molecular complexity index is 1570. The van der Waals surface area contributed by atoms with Crippen LogP contribution in [0.1, 0.15) is 40.2 Å². The van der Waals surface area contributed by atoms with Gasteiger partial charge in [-0.15, -0.1) is 0 Å². The summed E-state index contributed by atoms with van der Waals surface area (Å²) in [4.78, 5) is 7.09. The Labute approximate surface area is 225 Å². The minimum atomic E-state index is -1.24. The fourth-order valence-electron chi connectivity index (χ4n) is 5.60. The molecule has 5 rings (SSSR count). The van der Waals surface area contributed by atoms with Crippen LogP contribution in [0.25, 0.3) is 21.7 Å². The number of nitrogens with zero attached hydrogens (tertiary/aromatic N) is 2. The molecular formula is C34H36N2O2. The van der Waals surface area contributed by atoms with Gasteiger partial charge in [0.2, 0.25) is 5.88 Å². The predicted molar refractivity (Wildman–Crippen MR) is 157 cm³/mol. The number of aliphatic hydroxyl groups is 1. The number of fused-ring (bicyclic) bond motifs is 2. The summed E-state index contributed by atoms with van der Waals surface area (Å²) < 4.78 is 5.94. The van der Waals surface area contributed by atoms with E-state index in [1.165, 1.54) is 11.1 Å². The molecule has 2 atom stereocenters. The molecular weight excluding hydrogens is 468 g/mol. The van der Waals surface area contributed by atoms with Gasteiger partial charge in [0.25, 0.3) is 0 Å². The van der Waals surface area contributed by atoms with E-state index in [0.29, 0.717) is 18.8 Å². The lowest BCUT2D eigenvalue weighted by Crippen LogP contribution is -2.38. The Morgan fingerprint density at radius 3 is 2.26 bits per heavy atom. The molecule has 1 heterocycles. The first kappa shape index (κ1) is 25.9. The lowest BCUT2D eigenvalue weighted by molar-refractivity contribution is 0.00520. The van der Waals surface area contributed by atoms with Gasteiger partial charge in [-0.25, -0.2) is 4.98 Å². The molecule has 194 valence electrons. The number of benzene rings is 4. The molecule has 38 heavy (non-hydrogen) atoms. The van der Waals surface area contributed by atoms with Crippen LogP contribution in [-0.2, 0) is 5.60 Å². The minimum absolute atomic E-state index is 0.414. The van der Waals surface area contributed by atoms with E-state index >= 15 is 0 Å². The van der Waals surface area contributed by atoms with Gasteiger partial charge in [0.15, 0.2) is 0 Å². The molecule has 1 aromatic heterocycles. The Morgan fingerprint density at radius 1 is 0.842 bits per heavy atom. The van der Waals surface area contributed by atoms with Crippen LogP contribution < -0.4 is 4.74 Å². The number of ether oxygens (including phenoxy) is 1. The molecule has 4 aromatic carbocycles. The third kappa shape index (κ3) is 4.78. The first-order valence-electron chi connectivity index (χ1n) is 13.2. The highest BCUT2D eigenvalue weighted by molar-refractivity contribution is 5.87. The van der Waals surface area contributed by atoms with Crippen molar-refractivity contribution in [2.45, 2.75) is 31.8 Å². The summed E-state index contributed by atoms with van der Waals surface area (Å²) in [6.45, 7) is 4.94. The lowest BCUT2D eigenvalue weighted by atomic mass is 9.70. The molecule has 0 saturated heterocycles. The normalized spacial score (nSPS) is 14.1. The maximum absolute atomic E-state index is 13.1. The standard InChI is InChI=1S/C34H36N2O2/c1-23-20-27-22-29(33(38-5)35-31(27)21-24(23)2)32(26-13-7-6-8-14-26)34(37,18-19-36(3)4)30-17-11-15-25-12-9-10-16-28(25)30/h6-17,20-22,32,37H,18-19H2,1-5H3. The first-order chi connectivity index (χ1) is 18.3. The van der Waals surface area contributed by atoms with Crippen LogP contribution in [0.2, 0.25) is 0 Å². The second-order valence-electron chi connectivity index (χ2n) is 10.6. The Morgan fingerprint density at radius 2 is 1.53 bits per heavy atom. The van der Waals surface area contributed by atoms with Gasteiger partial charge < -0.3 is 14.7 Å². The molecule has 0 bridgehead atoms. The van der Waals surface area contributed by atoms with Crippen LogP contribution in [0.3, 0.4) is 0 Å². The zero-order chi connectivity index (χ0) is 26.9. The first-order valence-corrected chi connectivity index (χ1v) is 13.2. The Balaban J connectivity index is 1.84. The maximum atomic E-state index is 13.1. The Hall–Kier alpha value is -3.73. The number of aryl methyl sites for hydroxylation is 2. The van der Waals surface area contributed by atoms with Crippen molar-refractivity contribution in [2.24, 2.45) is 0 Å². The molecule has 1 N–H and O–H groups in total. The maximum Gasteiger partial charge on any atom is 0.217 e. The fraction of sp³-hybridized carbons (Fsp3) is 0.265. The molecule has 0 amide bonds. The van der Waals surface area contributed by atoms with Gasteiger partial charge in [-0.1, -0.05) is 72.8 Å². The SMILES string of the molecule is COc1nc2cc(C)c(C)cc2cc1C(c1ccccc1)C(O)(CCN(C)C)c1cccc2ccccc12. The van der Waals surface area contributed by atoms with E-state index in [2.05, 4.69) is 73.3 Å². The fourth-order valence-corrected chi connectivity index (χ4v) is 5.60. The lowest BCUT2D eigenvalue weighted by Gasteiger charge is -2.39. The summed E-state index contributed by atoms with van der Waals surface area (Å²) in [7, 11) is 5.76. The summed E-state index contributed by atoms with van der Waals surface area (Å²) in [6, 6.07) is 31.2. The van der Waals surface area contributed by atoms with Crippen molar-refractivity contribution in [1.29, 1.82) is 0 Å². The monoisotopic (exact) mass is 504 g/mol. The minimum Gasteiger partial charge on any atom is -0.481 e. The molecule has 0 spiro atoms. The number of aromatic nitrogens is 1. The molecule has 0 aliphatic rings. The molecule has 0 saturated carbocycles. The van der Waals surface area contributed by atoms with Gasteiger partial charge in [-0.05, 0) is 85.6 Å². The zero-order valence-corrected chi connectivity index (χ0v) is 22.9. The van der Waals surface area contributed by atoms with Gasteiger partial charge in [-0.2, -0.15) is 0 Å². The quantitative estimate of drug-likeness (QED) is 0.247. The molecule has 0 aliphatic heterocycles. The van der Waals surface area contributed by atoms with Crippen LogP contribution >= 0.6 is 0 Å². The number of hydrogen-bond acceptors (Lipinski definition) is 4. The predicted octanol–water partition coefficient (Wildman–Crippen LogP) is 6.98. The van der Waals surface area contributed by atoms with Crippen LogP contribution in [0.15, 0.2) is 91.0 Å². The largest absolute Gasteiger partial charge is 0.481 e. The van der Waals surface area contributed by atoms with Gasteiger partial charge in [0, 0.05) is 23.4 Å². The highest BCUT2D eigenvalue weighted by Crippen LogP contribution is 2.49. The molecule has 4 heteroatoms. The van der Waals surface area contributed by atoms with Crippen molar-refractivity contribution >= 4 is 21.7 Å². The van der Waals surface area contributed by atoms with Gasteiger partial charge in [-0.3, -0.25) is 0 Å². The molecule has 5 aromatic rings. The van der Waals surface area contributed by atoms with Crippen molar-refractivity contribution in [1.82, 2.24) is 9.88 Å². The van der Waals surface area contributed by atoms with Crippen molar-refractivity contribution in [3.63, 3.8) is 0 Å². The molecule has 0 aliphatic carbocycles. The van der Waals surface area contributed by atoms with Gasteiger partial charge >= 0.3 is 0 Å². The van der Waals surface area contributed by atoms with Crippen molar-refractivity contribution in [3.8, 4) is 5.88 Å². The van der Waals surface area contributed by atoms with Crippen LogP contribution in [0.5, 0.6) is 5.88 Å². The summed E-state index contributed by atoms with van der Waals surface area (Å²) in [6.07, 6.45) is 0.529. The second kappa shape index (κ2) is 10.6. The van der Waals surface area contributed by atoms with E-state index in [-0.39, 0.29) is 0 Å². The number of rotatable bonds is 8. The van der Waals surface area contributed by atoms with Crippen LogP contribution in [-0.4, -0.2) is 42.7 Å². The molecule has 2 unspecified atom stereocenters. The highest BCUT2D eigenvalue weighted by Gasteiger charge is 2.43. The average Bonchev–Trinajstić information content (AvgIpc) is 2.93. The molecule has 0 fully saturated rings. The van der Waals surface area contributed by atoms with E-state index in [0.717, 1.165) is 38.4 Å². The van der Waals surface area contributed by atoms with Crippen molar-refractivity contribution in [2.75, 3.05) is 27.7 Å². The third-order valence-corrected chi connectivity index (χ3v) is 7.73. The summed E-state index contributed by atoms with van der Waals surface area (Å²) in [5, 5.41) is 16.3. The average molecular weight is 505 g/mol. The summed E-state index contributed by atoms with van der Waals surface area (Å²) in [5.74, 6) is 0.126. The van der Waals surface area contributed by atoms with E-state index < -0.39 is 11.5 Å². The molecule has 0 radical (unpaired) electrons. The second-order valence-corrected chi connectivity index (χ2v) is 10.6. The molecule has 4 nitrogen and oxygen atoms in total. The van der Waals surface area contributed by atoms with Gasteiger partial charge in [0.05, 0.1) is 12.6 Å². The summed E-state index contributed by atoms with van der Waals surface area (Å²) >= 11 is 0. The third-order valence-electron chi connectivity index (χ3n) is 7.73. The zero-order valence-electron chi connectivity index (χ0n) is 22.9. The smallest absolute Gasteiger partial charge is 0.217 e. The van der Waals surface area contributed by atoms with E-state index in [1.807, 2.05) is 50.5 Å². The highest BCUT2D eigenvalue weighted by atomic mass is 16.5. The number of pyridine rings is 1. The van der Waals surface area contributed by atoms with Crippen LogP contribution in [0.4, 0.5) is 0 Å². The van der Waals surface area contributed by atoms with E-state index in [4.69, 9.17) is 9.72 Å². The van der Waals surface area contributed by atoms with Gasteiger partial charge in [0.1, 0.15) is 5.60 Å². The van der Waals surface area contributed by atoms with E-state index in [1.54, 1.807) is 7.11 Å². The van der Waals surface area contributed by atoms with Crippen molar-refractivity contribution in [3.05, 3.63) is 119 Å². The topological polar surface area (TPSA) is 45.6 Å². The summed E-state index contributed by atoms with van der Waals surface area (Å²) in [5.41, 5.74) is 4.86. The number of methoxy groups -OCH3 is 1. The van der Waals surface area contributed by atoms with Crippen LogP contribution in [0, 0.1) is 13.8 Å². The number of hydrogen-bond donors (Lipinski definition) is 1. The van der Waals surface area contributed by atoms with E-state index in [9.17, 15) is 5.11 Å².